The van der Waals surface area contributed by atoms with Gasteiger partial charge in [-0.15, -0.1) is 0 Å². The van der Waals surface area contributed by atoms with Crippen LogP contribution in [0.1, 0.15) is 23.9 Å². The Balaban J connectivity index is 1.79. The molecule has 2 heterocycles. The van der Waals surface area contributed by atoms with E-state index in [-0.39, 0.29) is 6.54 Å². The molecule has 0 spiro atoms. The summed E-state index contributed by atoms with van der Waals surface area (Å²) in [6.45, 7) is 3.72. The molecule has 0 radical (unpaired) electrons. The molecule has 0 atom stereocenters. The van der Waals surface area contributed by atoms with E-state index >= 15 is 0 Å². The van der Waals surface area contributed by atoms with E-state index in [1.54, 1.807) is 0 Å². The van der Waals surface area contributed by atoms with Gasteiger partial charge in [-0.25, -0.2) is 14.8 Å². The number of halogens is 1. The molecule has 0 unspecified atom stereocenters. The summed E-state index contributed by atoms with van der Waals surface area (Å²) < 4.78 is 8.70. The van der Waals surface area contributed by atoms with E-state index in [0.717, 1.165) is 37.8 Å². The number of imidazole rings is 1. The van der Waals surface area contributed by atoms with Crippen molar-refractivity contribution < 1.29 is 14.6 Å². The van der Waals surface area contributed by atoms with Gasteiger partial charge in [0.05, 0.1) is 11.0 Å². The Hall–Kier alpha value is -3.17. The summed E-state index contributed by atoms with van der Waals surface area (Å²) in [4.78, 5) is 20.0. The van der Waals surface area contributed by atoms with E-state index in [0.29, 0.717) is 31.1 Å². The molecule has 160 valence electrons. The monoisotopic (exact) mass is 483 g/mol. The summed E-state index contributed by atoms with van der Waals surface area (Å²) in [5.74, 6) is 1.16. The highest BCUT2D eigenvalue weighted by Gasteiger charge is 2.18. The average molecular weight is 484 g/mol. The number of hydrogen-bond donors (Lipinski definition) is 3. The lowest BCUT2D eigenvalue weighted by molar-refractivity contribution is 0.126. The van der Waals surface area contributed by atoms with Gasteiger partial charge in [0.15, 0.2) is 5.82 Å². The minimum absolute atomic E-state index is 0.265. The lowest BCUT2D eigenvalue weighted by Crippen LogP contribution is -2.19. The minimum Gasteiger partial charge on any atom is -0.465 e. The van der Waals surface area contributed by atoms with E-state index in [2.05, 4.69) is 30.8 Å². The highest BCUT2D eigenvalue weighted by molar-refractivity contribution is 9.10. The molecule has 4 N–H and O–H groups in total. The van der Waals surface area contributed by atoms with Crippen LogP contribution in [0, 0.1) is 0 Å². The number of nitrogen functional groups attached to an aromatic ring is 1. The number of hydrogen-bond acceptors (Lipinski definition) is 5. The van der Waals surface area contributed by atoms with Gasteiger partial charge in [0.1, 0.15) is 17.9 Å². The van der Waals surface area contributed by atoms with Crippen LogP contribution in [-0.2, 0) is 24.4 Å². The topological polar surface area (TPSA) is 115 Å². The zero-order valence-corrected chi connectivity index (χ0v) is 18.5. The number of ether oxygens (including phenoxy) is 1. The molecule has 0 aliphatic carbocycles. The number of nitrogens with two attached hydrogens (primary N) is 1. The van der Waals surface area contributed by atoms with E-state index in [1.165, 1.54) is 0 Å². The first-order valence-electron chi connectivity index (χ1n) is 9.82. The molecule has 9 heteroatoms. The maximum absolute atomic E-state index is 10.7. The standard InChI is InChI=1S/C22H22BrN5O3/c1-2-31-12-18-27-19-20(16-8-7-15(23)9-17(16)26-21(19)24)28(18)11-14-5-3-13(4-6-14)10-25-22(29)30/h3-9,25H,2,10-12H2,1H3,(H2,24,26)(H,29,30). The SMILES string of the molecule is CCOCc1nc2c(N)nc3cc(Br)ccc3c2n1Cc1ccc(CNC(=O)O)cc1. The predicted molar refractivity (Wildman–Crippen MR) is 123 cm³/mol. The van der Waals surface area contributed by atoms with Crippen LogP contribution in [0.3, 0.4) is 0 Å². The van der Waals surface area contributed by atoms with Crippen molar-refractivity contribution in [3.05, 3.63) is 63.9 Å². The number of benzene rings is 2. The first-order valence-corrected chi connectivity index (χ1v) is 10.6. The smallest absolute Gasteiger partial charge is 0.404 e. The van der Waals surface area contributed by atoms with Crippen molar-refractivity contribution in [2.75, 3.05) is 12.3 Å². The Bertz CT molecular complexity index is 1250. The van der Waals surface area contributed by atoms with E-state index in [4.69, 9.17) is 20.6 Å². The van der Waals surface area contributed by atoms with Crippen molar-refractivity contribution in [2.45, 2.75) is 26.6 Å². The van der Waals surface area contributed by atoms with Gasteiger partial charge < -0.3 is 25.5 Å². The largest absolute Gasteiger partial charge is 0.465 e. The minimum atomic E-state index is -1.04. The quantitative estimate of drug-likeness (QED) is 0.361. The molecular formula is C22H22BrN5O3. The van der Waals surface area contributed by atoms with Crippen molar-refractivity contribution in [1.82, 2.24) is 19.9 Å². The number of carboxylic acid groups (broad SMARTS) is 1. The zero-order chi connectivity index (χ0) is 22.0. The van der Waals surface area contributed by atoms with Crippen LogP contribution in [0.5, 0.6) is 0 Å². The molecular weight excluding hydrogens is 462 g/mol. The van der Waals surface area contributed by atoms with Gasteiger partial charge in [-0.3, -0.25) is 0 Å². The Morgan fingerprint density at radius 2 is 1.94 bits per heavy atom. The predicted octanol–water partition coefficient (Wildman–Crippen LogP) is 4.28. The Kier molecular flexibility index (Phi) is 6.06. The Morgan fingerprint density at radius 3 is 2.65 bits per heavy atom. The van der Waals surface area contributed by atoms with Gasteiger partial charge in [-0.05, 0) is 36.2 Å². The molecule has 0 bridgehead atoms. The lowest BCUT2D eigenvalue weighted by atomic mass is 10.1. The number of pyridine rings is 1. The van der Waals surface area contributed by atoms with Crippen molar-refractivity contribution >= 4 is 49.8 Å². The molecule has 0 fully saturated rings. The summed E-state index contributed by atoms with van der Waals surface area (Å²) in [5.41, 5.74) is 10.6. The third kappa shape index (κ3) is 4.47. The molecule has 31 heavy (non-hydrogen) atoms. The molecule has 1 amide bonds. The lowest BCUT2D eigenvalue weighted by Gasteiger charge is -2.12. The molecule has 0 saturated heterocycles. The number of rotatable bonds is 7. The fraction of sp³-hybridized carbons (Fsp3) is 0.227. The summed E-state index contributed by atoms with van der Waals surface area (Å²) in [6, 6.07) is 13.7. The molecule has 0 aliphatic heterocycles. The number of amides is 1. The van der Waals surface area contributed by atoms with Crippen molar-refractivity contribution in [3.8, 4) is 0 Å². The van der Waals surface area contributed by atoms with Gasteiger partial charge in [0.2, 0.25) is 0 Å². The number of nitrogens with zero attached hydrogens (tertiary/aromatic N) is 3. The van der Waals surface area contributed by atoms with Crippen LogP contribution in [0.25, 0.3) is 21.9 Å². The third-order valence-electron chi connectivity index (χ3n) is 4.99. The summed E-state index contributed by atoms with van der Waals surface area (Å²) in [6.07, 6.45) is -1.04. The average Bonchev–Trinajstić information content (AvgIpc) is 3.10. The Morgan fingerprint density at radius 1 is 1.19 bits per heavy atom. The maximum Gasteiger partial charge on any atom is 0.404 e. The highest BCUT2D eigenvalue weighted by atomic mass is 79.9. The second-order valence-corrected chi connectivity index (χ2v) is 8.00. The van der Waals surface area contributed by atoms with Crippen molar-refractivity contribution in [2.24, 2.45) is 0 Å². The second kappa shape index (κ2) is 8.91. The van der Waals surface area contributed by atoms with E-state index in [9.17, 15) is 4.79 Å². The number of nitrogens with one attached hydrogen (secondary N) is 1. The van der Waals surface area contributed by atoms with Gasteiger partial charge in [-0.1, -0.05) is 40.2 Å². The van der Waals surface area contributed by atoms with Gasteiger partial charge in [0, 0.05) is 29.6 Å². The first-order chi connectivity index (χ1) is 15.0. The van der Waals surface area contributed by atoms with Gasteiger partial charge in [-0.2, -0.15) is 0 Å². The fourth-order valence-corrected chi connectivity index (χ4v) is 3.88. The maximum atomic E-state index is 10.7. The molecule has 4 aromatic rings. The van der Waals surface area contributed by atoms with E-state index < -0.39 is 6.09 Å². The first kappa shape index (κ1) is 21.1. The summed E-state index contributed by atoms with van der Waals surface area (Å²) >= 11 is 3.50. The fourth-order valence-electron chi connectivity index (χ4n) is 3.53. The molecule has 0 saturated carbocycles. The number of anilines is 1. The highest BCUT2D eigenvalue weighted by Crippen LogP contribution is 2.31. The van der Waals surface area contributed by atoms with Crippen LogP contribution in [-0.4, -0.2) is 32.3 Å². The molecule has 0 aliphatic rings. The van der Waals surface area contributed by atoms with Crippen LogP contribution in [0.4, 0.5) is 10.6 Å². The van der Waals surface area contributed by atoms with Gasteiger partial charge >= 0.3 is 6.09 Å². The van der Waals surface area contributed by atoms with Crippen molar-refractivity contribution in [1.29, 1.82) is 0 Å². The third-order valence-corrected chi connectivity index (χ3v) is 5.48. The normalized spacial score (nSPS) is 11.3. The summed E-state index contributed by atoms with van der Waals surface area (Å²) in [7, 11) is 0. The molecule has 2 aromatic carbocycles. The summed E-state index contributed by atoms with van der Waals surface area (Å²) in [5, 5.41) is 12.1. The zero-order valence-electron chi connectivity index (χ0n) is 16.9. The van der Waals surface area contributed by atoms with E-state index in [1.807, 2.05) is 49.4 Å². The Labute approximate surface area is 187 Å². The number of fused-ring (bicyclic) bond motifs is 3. The van der Waals surface area contributed by atoms with Crippen LogP contribution >= 0.6 is 15.9 Å². The van der Waals surface area contributed by atoms with Crippen LogP contribution in [0.2, 0.25) is 0 Å². The second-order valence-electron chi connectivity index (χ2n) is 7.08. The van der Waals surface area contributed by atoms with Gasteiger partial charge in [0.25, 0.3) is 0 Å². The molecule has 8 nitrogen and oxygen atoms in total. The molecule has 2 aromatic heterocycles. The number of aromatic nitrogens is 3. The van der Waals surface area contributed by atoms with Crippen LogP contribution in [0.15, 0.2) is 46.9 Å². The van der Waals surface area contributed by atoms with Crippen molar-refractivity contribution in [3.63, 3.8) is 0 Å². The van der Waals surface area contributed by atoms with Crippen LogP contribution < -0.4 is 11.1 Å². The molecule has 4 rings (SSSR count). The number of carbonyl (C=O) groups is 1.